The molecule has 3 unspecified atom stereocenters. The molecule has 4 heteroatoms. The third-order valence-electron chi connectivity index (χ3n) is 4.32. The van der Waals surface area contributed by atoms with Gasteiger partial charge in [-0.3, -0.25) is 9.59 Å². The molecule has 0 bridgehead atoms. The van der Waals surface area contributed by atoms with Gasteiger partial charge in [-0.15, -0.1) is 0 Å². The first-order valence-corrected chi connectivity index (χ1v) is 6.42. The summed E-state index contributed by atoms with van der Waals surface area (Å²) in [5.41, 5.74) is -1.26. The van der Waals surface area contributed by atoms with Gasteiger partial charge in [0.05, 0.1) is 13.2 Å². The highest BCUT2D eigenvalue weighted by molar-refractivity contribution is 6.04. The first kappa shape index (κ1) is 12.6. The highest BCUT2D eigenvalue weighted by Crippen LogP contribution is 2.44. The van der Waals surface area contributed by atoms with E-state index in [4.69, 9.17) is 4.74 Å². The third kappa shape index (κ3) is 2.10. The lowest BCUT2D eigenvalue weighted by Crippen LogP contribution is -2.53. The van der Waals surface area contributed by atoms with Gasteiger partial charge in [-0.05, 0) is 24.7 Å². The summed E-state index contributed by atoms with van der Waals surface area (Å²) in [5, 5.41) is 9.50. The van der Waals surface area contributed by atoms with E-state index in [0.29, 0.717) is 12.5 Å². The Morgan fingerprint density at radius 2 is 2.24 bits per heavy atom. The van der Waals surface area contributed by atoms with Gasteiger partial charge >= 0.3 is 5.97 Å². The van der Waals surface area contributed by atoms with Crippen molar-refractivity contribution in [1.82, 2.24) is 0 Å². The topological polar surface area (TPSA) is 63.6 Å². The summed E-state index contributed by atoms with van der Waals surface area (Å²) in [6, 6.07) is 0. The van der Waals surface area contributed by atoms with Crippen LogP contribution in [-0.2, 0) is 14.3 Å². The minimum absolute atomic E-state index is 0.0449. The molecule has 1 aliphatic heterocycles. The van der Waals surface area contributed by atoms with E-state index in [2.05, 4.69) is 6.92 Å². The van der Waals surface area contributed by atoms with Gasteiger partial charge in [0.1, 0.15) is 0 Å². The highest BCUT2D eigenvalue weighted by atomic mass is 16.5. The first-order chi connectivity index (χ1) is 8.07. The maximum atomic E-state index is 12.1. The Morgan fingerprint density at radius 1 is 1.47 bits per heavy atom. The molecule has 3 atom stereocenters. The van der Waals surface area contributed by atoms with Crippen LogP contribution >= 0.6 is 0 Å². The van der Waals surface area contributed by atoms with Gasteiger partial charge < -0.3 is 9.84 Å². The SMILES string of the molecule is CC1CCCC(C2(C(=O)O)COCCC2=O)C1. The quantitative estimate of drug-likeness (QED) is 0.748. The van der Waals surface area contributed by atoms with Crippen molar-refractivity contribution in [1.29, 1.82) is 0 Å². The van der Waals surface area contributed by atoms with Crippen molar-refractivity contribution in [3.63, 3.8) is 0 Å². The molecule has 96 valence electrons. The minimum atomic E-state index is -1.26. The molecule has 1 N–H and O–H groups in total. The van der Waals surface area contributed by atoms with Gasteiger partial charge in [-0.2, -0.15) is 0 Å². The van der Waals surface area contributed by atoms with Gasteiger partial charge in [-0.1, -0.05) is 19.8 Å². The molecular formula is C13H20O4. The van der Waals surface area contributed by atoms with Crippen LogP contribution in [0.25, 0.3) is 0 Å². The zero-order valence-corrected chi connectivity index (χ0v) is 10.3. The third-order valence-corrected chi connectivity index (χ3v) is 4.32. The number of hydrogen-bond acceptors (Lipinski definition) is 3. The molecule has 1 heterocycles. The molecule has 1 aliphatic carbocycles. The summed E-state index contributed by atoms with van der Waals surface area (Å²) >= 11 is 0. The molecule has 1 saturated carbocycles. The summed E-state index contributed by atoms with van der Waals surface area (Å²) in [6.45, 7) is 2.57. The highest BCUT2D eigenvalue weighted by Gasteiger charge is 2.54. The van der Waals surface area contributed by atoms with Crippen LogP contribution < -0.4 is 0 Å². The Morgan fingerprint density at radius 3 is 2.82 bits per heavy atom. The average molecular weight is 240 g/mol. The molecule has 0 aromatic heterocycles. The van der Waals surface area contributed by atoms with Gasteiger partial charge in [-0.25, -0.2) is 0 Å². The lowest BCUT2D eigenvalue weighted by molar-refractivity contribution is -0.172. The fraction of sp³-hybridized carbons (Fsp3) is 0.846. The Balaban J connectivity index is 2.26. The number of carbonyl (C=O) groups is 2. The van der Waals surface area contributed by atoms with E-state index in [1.807, 2.05) is 0 Å². The second-order valence-corrected chi connectivity index (χ2v) is 5.47. The summed E-state index contributed by atoms with van der Waals surface area (Å²) in [4.78, 5) is 23.7. The molecule has 0 aromatic carbocycles. The molecule has 0 amide bonds. The zero-order valence-electron chi connectivity index (χ0n) is 10.3. The molecule has 2 aliphatic rings. The number of ether oxygens (including phenoxy) is 1. The normalized spacial score (nSPS) is 39.0. The van der Waals surface area contributed by atoms with Gasteiger partial charge in [0, 0.05) is 6.42 Å². The van der Waals surface area contributed by atoms with Crippen molar-refractivity contribution in [3.05, 3.63) is 0 Å². The minimum Gasteiger partial charge on any atom is -0.480 e. The Hall–Kier alpha value is -0.900. The van der Waals surface area contributed by atoms with E-state index < -0.39 is 11.4 Å². The van der Waals surface area contributed by atoms with Crippen LogP contribution in [0.3, 0.4) is 0 Å². The maximum Gasteiger partial charge on any atom is 0.319 e. The van der Waals surface area contributed by atoms with Gasteiger partial charge in [0.25, 0.3) is 0 Å². The second-order valence-electron chi connectivity index (χ2n) is 5.47. The van der Waals surface area contributed by atoms with Crippen molar-refractivity contribution in [2.24, 2.45) is 17.3 Å². The van der Waals surface area contributed by atoms with E-state index in [1.165, 1.54) is 0 Å². The van der Waals surface area contributed by atoms with Crippen LogP contribution in [0.1, 0.15) is 39.0 Å². The average Bonchev–Trinajstić information content (AvgIpc) is 2.29. The number of aliphatic carboxylic acids is 1. The largest absolute Gasteiger partial charge is 0.480 e. The van der Waals surface area contributed by atoms with E-state index in [-0.39, 0.29) is 24.7 Å². The van der Waals surface area contributed by atoms with Gasteiger partial charge in [0.15, 0.2) is 11.2 Å². The summed E-state index contributed by atoms with van der Waals surface area (Å²) in [5.74, 6) is -0.645. The molecule has 2 fully saturated rings. The molecule has 17 heavy (non-hydrogen) atoms. The number of carboxylic acid groups (broad SMARTS) is 1. The van der Waals surface area contributed by atoms with Crippen LogP contribution in [0.5, 0.6) is 0 Å². The molecule has 0 radical (unpaired) electrons. The predicted molar refractivity (Wildman–Crippen MR) is 61.6 cm³/mol. The van der Waals surface area contributed by atoms with Crippen LogP contribution in [0.2, 0.25) is 0 Å². The number of hydrogen-bond donors (Lipinski definition) is 1. The monoisotopic (exact) mass is 240 g/mol. The Labute approximate surface area is 101 Å². The first-order valence-electron chi connectivity index (χ1n) is 6.42. The summed E-state index contributed by atoms with van der Waals surface area (Å²) in [7, 11) is 0. The van der Waals surface area contributed by atoms with E-state index in [1.54, 1.807) is 0 Å². The molecule has 1 saturated heterocycles. The maximum absolute atomic E-state index is 12.1. The van der Waals surface area contributed by atoms with E-state index in [0.717, 1.165) is 25.7 Å². The molecule has 0 spiro atoms. The Bertz CT molecular complexity index is 325. The molecule has 4 nitrogen and oxygen atoms in total. The van der Waals surface area contributed by atoms with Crippen LogP contribution in [0.15, 0.2) is 0 Å². The van der Waals surface area contributed by atoms with Crippen molar-refractivity contribution >= 4 is 11.8 Å². The summed E-state index contributed by atoms with van der Waals surface area (Å²) < 4.78 is 5.30. The Kier molecular flexibility index (Phi) is 3.52. The van der Waals surface area contributed by atoms with Crippen molar-refractivity contribution < 1.29 is 19.4 Å². The van der Waals surface area contributed by atoms with E-state index >= 15 is 0 Å². The zero-order chi connectivity index (χ0) is 12.5. The lowest BCUT2D eigenvalue weighted by atomic mass is 9.63. The smallest absolute Gasteiger partial charge is 0.319 e. The van der Waals surface area contributed by atoms with Crippen LogP contribution in [0.4, 0.5) is 0 Å². The lowest BCUT2D eigenvalue weighted by Gasteiger charge is -2.41. The molecular weight excluding hydrogens is 220 g/mol. The number of rotatable bonds is 2. The van der Waals surface area contributed by atoms with Crippen LogP contribution in [0, 0.1) is 17.3 Å². The number of carboxylic acids is 1. The van der Waals surface area contributed by atoms with Crippen LogP contribution in [-0.4, -0.2) is 30.1 Å². The number of ketones is 1. The fourth-order valence-electron chi connectivity index (χ4n) is 3.28. The molecule has 0 aromatic rings. The standard InChI is InChI=1S/C13H20O4/c1-9-3-2-4-10(7-9)13(12(15)16)8-17-6-5-11(13)14/h9-10H,2-8H2,1H3,(H,15,16). The number of carbonyl (C=O) groups excluding carboxylic acids is 1. The van der Waals surface area contributed by atoms with Crippen molar-refractivity contribution in [2.45, 2.75) is 39.0 Å². The fourth-order valence-corrected chi connectivity index (χ4v) is 3.28. The predicted octanol–water partition coefficient (Wildman–Crippen LogP) is 1.87. The second kappa shape index (κ2) is 4.77. The molecule has 2 rings (SSSR count). The van der Waals surface area contributed by atoms with E-state index in [9.17, 15) is 14.7 Å². The van der Waals surface area contributed by atoms with Crippen molar-refractivity contribution in [2.75, 3.05) is 13.2 Å². The van der Waals surface area contributed by atoms with Gasteiger partial charge in [0.2, 0.25) is 0 Å². The van der Waals surface area contributed by atoms with Crippen molar-refractivity contribution in [3.8, 4) is 0 Å². The number of Topliss-reactive ketones (excluding diaryl/α,β-unsaturated/α-hetero) is 1. The summed E-state index contributed by atoms with van der Waals surface area (Å²) in [6.07, 6.45) is 4.08.